The van der Waals surface area contributed by atoms with Crippen molar-refractivity contribution in [2.45, 2.75) is 49.6 Å². The van der Waals surface area contributed by atoms with Crippen LogP contribution in [0.2, 0.25) is 5.02 Å². The number of nitrogens with zero attached hydrogens (tertiary/aromatic N) is 2. The van der Waals surface area contributed by atoms with Crippen LogP contribution in [0.1, 0.15) is 48.0 Å². The Morgan fingerprint density at radius 3 is 2.32 bits per heavy atom. The highest BCUT2D eigenvalue weighted by Gasteiger charge is 2.51. The number of urea groups is 1. The van der Waals surface area contributed by atoms with Gasteiger partial charge in [0.05, 0.1) is 12.2 Å². The van der Waals surface area contributed by atoms with Gasteiger partial charge in [-0.05, 0) is 91.7 Å². The highest BCUT2D eigenvalue weighted by Crippen LogP contribution is 2.55. The first kappa shape index (κ1) is 24.5. The third kappa shape index (κ3) is 4.24. The quantitative estimate of drug-likeness (QED) is 0.489. The Balaban J connectivity index is 1.21. The van der Waals surface area contributed by atoms with E-state index in [1.165, 1.54) is 50.3 Å². The minimum absolute atomic E-state index is 0.0178. The second-order valence-corrected chi connectivity index (χ2v) is 13.2. The predicted molar refractivity (Wildman–Crippen MR) is 142 cm³/mol. The van der Waals surface area contributed by atoms with E-state index < -0.39 is 16.1 Å². The minimum atomic E-state index is -4.07. The first-order chi connectivity index (χ1) is 17.7. The zero-order chi connectivity index (χ0) is 25.9. The molecule has 7 nitrogen and oxygen atoms in total. The molecule has 9 heteroatoms. The van der Waals surface area contributed by atoms with Gasteiger partial charge in [-0.3, -0.25) is 4.79 Å². The fraction of sp³-hybridized carbons (Fsp3) is 0.429. The number of rotatable bonds is 6. The summed E-state index contributed by atoms with van der Waals surface area (Å²) < 4.78 is 27.1. The van der Waals surface area contributed by atoms with Gasteiger partial charge in [-0.1, -0.05) is 29.8 Å². The van der Waals surface area contributed by atoms with Crippen molar-refractivity contribution in [3.05, 3.63) is 71.3 Å². The van der Waals surface area contributed by atoms with E-state index in [1.54, 1.807) is 30.3 Å². The summed E-state index contributed by atoms with van der Waals surface area (Å²) in [6, 6.07) is 10.7. The highest BCUT2D eigenvalue weighted by atomic mass is 35.5. The van der Waals surface area contributed by atoms with Crippen LogP contribution in [-0.2, 0) is 16.6 Å². The molecule has 0 aromatic heterocycles. The number of hydrogen-bond acceptors (Lipinski definition) is 4. The lowest BCUT2D eigenvalue weighted by Crippen LogP contribution is -2.57. The topological polar surface area (TPSA) is 86.8 Å². The lowest BCUT2D eigenvalue weighted by molar-refractivity contribution is -0.0528. The Bertz CT molecular complexity index is 1350. The molecule has 0 saturated heterocycles. The number of carbonyl (C=O) groups excluding carboxylic acids is 2. The van der Waals surface area contributed by atoms with Crippen molar-refractivity contribution in [1.82, 2.24) is 9.21 Å². The fourth-order valence-corrected chi connectivity index (χ4v) is 9.07. The molecule has 3 amide bonds. The van der Waals surface area contributed by atoms with Crippen LogP contribution in [0.4, 0.5) is 10.5 Å². The highest BCUT2D eigenvalue weighted by molar-refractivity contribution is 7.90. The Kier molecular flexibility index (Phi) is 6.07. The molecule has 7 rings (SSSR count). The Morgan fingerprint density at radius 2 is 1.70 bits per heavy atom. The largest absolute Gasteiger partial charge is 0.336 e. The second kappa shape index (κ2) is 9.17. The van der Waals surface area contributed by atoms with Crippen LogP contribution in [-0.4, -0.2) is 42.1 Å². The van der Waals surface area contributed by atoms with Crippen LogP contribution in [0.25, 0.3) is 0 Å². The van der Waals surface area contributed by atoms with E-state index in [1.807, 2.05) is 4.90 Å². The Morgan fingerprint density at radius 1 is 1.05 bits per heavy atom. The molecular formula is C28H30ClN3O4S. The van der Waals surface area contributed by atoms with Crippen LogP contribution in [0.5, 0.6) is 0 Å². The molecule has 37 heavy (non-hydrogen) atoms. The maximum Gasteiger partial charge on any atom is 0.336 e. The standard InChI is InChI=1S/C28H30ClN3O4S/c1-2-9-31(26-21-11-18-10-19(13-21)14-22(26)12-18)27(33)20-5-3-17(4-6-20)16-32-28(34)30-24-8-7-23(29)15-25(24)37(32,35)36/h2-8,15,18-19,21-22,26H,1,9-14,16H2,(H,30,34). The molecule has 1 aliphatic heterocycles. The zero-order valence-corrected chi connectivity index (χ0v) is 22.0. The summed E-state index contributed by atoms with van der Waals surface area (Å²) in [6.07, 6.45) is 8.05. The lowest BCUT2D eigenvalue weighted by atomic mass is 9.54. The van der Waals surface area contributed by atoms with Crippen molar-refractivity contribution < 1.29 is 18.0 Å². The van der Waals surface area contributed by atoms with Crippen molar-refractivity contribution in [3.63, 3.8) is 0 Å². The van der Waals surface area contributed by atoms with Gasteiger partial charge in [-0.25, -0.2) is 17.5 Å². The average Bonchev–Trinajstić information content (AvgIpc) is 2.86. The molecule has 0 radical (unpaired) electrons. The van der Waals surface area contributed by atoms with Crippen LogP contribution >= 0.6 is 11.6 Å². The molecule has 4 bridgehead atoms. The molecule has 5 aliphatic rings. The lowest BCUT2D eigenvalue weighted by Gasteiger charge is -2.57. The molecular weight excluding hydrogens is 510 g/mol. The summed E-state index contributed by atoms with van der Waals surface area (Å²) in [4.78, 5) is 28.3. The van der Waals surface area contributed by atoms with Gasteiger partial charge in [0.1, 0.15) is 4.90 Å². The zero-order valence-electron chi connectivity index (χ0n) is 20.5. The first-order valence-electron chi connectivity index (χ1n) is 12.9. The summed E-state index contributed by atoms with van der Waals surface area (Å²) in [5, 5.41) is 2.88. The molecule has 1 heterocycles. The predicted octanol–water partition coefficient (Wildman–Crippen LogP) is 5.53. The van der Waals surface area contributed by atoms with Gasteiger partial charge in [-0.2, -0.15) is 0 Å². The van der Waals surface area contributed by atoms with Gasteiger partial charge in [0.15, 0.2) is 0 Å². The van der Waals surface area contributed by atoms with Crippen molar-refractivity contribution in [1.29, 1.82) is 0 Å². The minimum Gasteiger partial charge on any atom is -0.331 e. The Labute approximate surface area is 222 Å². The van der Waals surface area contributed by atoms with E-state index in [4.69, 9.17) is 11.6 Å². The summed E-state index contributed by atoms with van der Waals surface area (Å²) >= 11 is 6.00. The van der Waals surface area contributed by atoms with E-state index in [-0.39, 0.29) is 34.1 Å². The molecule has 0 atom stereocenters. The average molecular weight is 540 g/mol. The second-order valence-electron chi connectivity index (χ2n) is 10.9. The molecule has 1 N–H and O–H groups in total. The molecule has 4 fully saturated rings. The van der Waals surface area contributed by atoms with Crippen LogP contribution < -0.4 is 5.32 Å². The summed E-state index contributed by atoms with van der Waals surface area (Å²) in [5.74, 6) is 2.77. The van der Waals surface area contributed by atoms with Crippen LogP contribution in [0.3, 0.4) is 0 Å². The number of benzene rings is 2. The van der Waals surface area contributed by atoms with Gasteiger partial charge in [0.25, 0.3) is 15.9 Å². The van der Waals surface area contributed by atoms with E-state index >= 15 is 0 Å². The molecule has 0 unspecified atom stereocenters. The maximum absolute atomic E-state index is 13.7. The molecule has 2 aromatic rings. The van der Waals surface area contributed by atoms with Gasteiger partial charge in [0, 0.05) is 23.2 Å². The number of hydrogen-bond donors (Lipinski definition) is 1. The number of anilines is 1. The third-order valence-corrected chi connectivity index (χ3v) is 10.6. The van der Waals surface area contributed by atoms with Crippen molar-refractivity contribution >= 4 is 39.2 Å². The number of carbonyl (C=O) groups is 2. The fourth-order valence-electron chi connectivity index (χ4n) is 7.34. The monoisotopic (exact) mass is 539 g/mol. The van der Waals surface area contributed by atoms with E-state index in [0.29, 0.717) is 29.5 Å². The van der Waals surface area contributed by atoms with E-state index in [2.05, 4.69) is 11.9 Å². The number of halogens is 1. The number of nitrogens with one attached hydrogen (secondary N) is 1. The molecule has 4 saturated carbocycles. The van der Waals surface area contributed by atoms with Crippen molar-refractivity contribution in [2.24, 2.45) is 23.7 Å². The molecule has 4 aliphatic carbocycles. The summed E-state index contributed by atoms with van der Waals surface area (Å²) in [5.41, 5.74) is 1.37. The smallest absolute Gasteiger partial charge is 0.331 e. The van der Waals surface area contributed by atoms with Crippen LogP contribution in [0, 0.1) is 23.7 Å². The summed E-state index contributed by atoms with van der Waals surface area (Å²) in [7, 11) is -4.07. The van der Waals surface area contributed by atoms with Gasteiger partial charge in [-0.15, -0.1) is 6.58 Å². The first-order valence-corrected chi connectivity index (χ1v) is 14.7. The van der Waals surface area contributed by atoms with Gasteiger partial charge in [0.2, 0.25) is 0 Å². The maximum atomic E-state index is 13.7. The van der Waals surface area contributed by atoms with Gasteiger partial charge >= 0.3 is 6.03 Å². The summed E-state index contributed by atoms with van der Waals surface area (Å²) in [6.45, 7) is 4.27. The van der Waals surface area contributed by atoms with Crippen molar-refractivity contribution in [3.8, 4) is 0 Å². The Hall–Kier alpha value is -2.84. The molecule has 194 valence electrons. The molecule has 2 aromatic carbocycles. The van der Waals surface area contributed by atoms with E-state index in [9.17, 15) is 18.0 Å². The van der Waals surface area contributed by atoms with Crippen molar-refractivity contribution in [2.75, 3.05) is 11.9 Å². The number of fused-ring (bicyclic) bond motifs is 1. The van der Waals surface area contributed by atoms with E-state index in [0.717, 1.165) is 16.1 Å². The van der Waals surface area contributed by atoms with Crippen LogP contribution in [0.15, 0.2) is 60.0 Å². The number of amides is 3. The normalized spacial score (nSPS) is 28.9. The number of sulfonamides is 1. The SMILES string of the molecule is C=CCN(C(=O)c1ccc(CN2C(=O)Nc3ccc(Cl)cc3S2(=O)=O)cc1)C1C2CC3CC(C2)CC1C3. The van der Waals surface area contributed by atoms with Gasteiger partial charge < -0.3 is 10.2 Å². The molecule has 0 spiro atoms. The third-order valence-electron chi connectivity index (χ3n) is 8.63.